The van der Waals surface area contributed by atoms with Gasteiger partial charge in [0.15, 0.2) is 5.25 Å². The Morgan fingerprint density at radius 2 is 0.867 bits per heavy atom. The summed E-state index contributed by atoms with van der Waals surface area (Å²) in [6.07, 6.45) is 29.1. The minimum atomic E-state index is -4.98. The van der Waals surface area contributed by atoms with Gasteiger partial charge in [-0.15, -0.1) is 0 Å². The van der Waals surface area contributed by atoms with Crippen molar-refractivity contribution in [2.24, 2.45) is 0 Å². The minimum absolute atomic E-state index is 0.0454. The van der Waals surface area contributed by atoms with Gasteiger partial charge in [-0.3, -0.25) is 9.59 Å². The minimum Gasteiger partial charge on any atom is -0.747 e. The second-order valence-electron chi connectivity index (χ2n) is 12.8. The molecule has 0 N–H and O–H groups in total. The molecular formula is C36H73O7PS. The summed E-state index contributed by atoms with van der Waals surface area (Å²) in [4.78, 5) is 23.7. The first-order valence-electron chi connectivity index (χ1n) is 18.7. The molecule has 0 spiro atoms. The first-order chi connectivity index (χ1) is 21.6. The summed E-state index contributed by atoms with van der Waals surface area (Å²) < 4.78 is 43.8. The Bertz CT molecular complexity index is 751. The standard InChI is InChI=1S/C20H38O7S.C16H36P/c1-3-5-7-9-11-13-15-26-19(21)17-18(28(23,24)25)20(22)27-16-14-12-10-8-6-4-2;1-5-9-13-17(14-10-6-2,15-11-7-3)16-12-8-4/h18H,3-17H2,1-2H3,(H,23,24,25);5-16H2,1-4H3/q;+1/p-1. The molecule has 0 aliphatic carbocycles. The lowest BCUT2D eigenvalue weighted by Crippen LogP contribution is -2.34. The van der Waals surface area contributed by atoms with E-state index in [-0.39, 0.29) is 13.2 Å². The zero-order valence-corrected chi connectivity index (χ0v) is 32.1. The van der Waals surface area contributed by atoms with E-state index in [1.54, 1.807) is 24.6 Å². The van der Waals surface area contributed by atoms with E-state index in [0.717, 1.165) is 57.8 Å². The Morgan fingerprint density at radius 1 is 0.533 bits per heavy atom. The maximum absolute atomic E-state index is 11.9. The van der Waals surface area contributed by atoms with Gasteiger partial charge in [-0.25, -0.2) is 8.42 Å². The van der Waals surface area contributed by atoms with Crippen LogP contribution < -0.4 is 0 Å². The lowest BCUT2D eigenvalue weighted by atomic mass is 10.1. The van der Waals surface area contributed by atoms with Crippen molar-refractivity contribution in [3.05, 3.63) is 0 Å². The number of hydrogen-bond acceptors (Lipinski definition) is 7. The van der Waals surface area contributed by atoms with Crippen LogP contribution in [0.15, 0.2) is 0 Å². The molecule has 0 rings (SSSR count). The predicted octanol–water partition coefficient (Wildman–Crippen LogP) is 10.3. The summed E-state index contributed by atoms with van der Waals surface area (Å²) in [6, 6.07) is 0. The molecule has 0 aromatic carbocycles. The molecule has 0 aromatic heterocycles. The molecule has 7 nitrogen and oxygen atoms in total. The van der Waals surface area contributed by atoms with Gasteiger partial charge in [-0.2, -0.15) is 0 Å². The molecule has 0 bridgehead atoms. The quantitative estimate of drug-likeness (QED) is 0.0321. The zero-order valence-electron chi connectivity index (χ0n) is 30.4. The highest BCUT2D eigenvalue weighted by Gasteiger charge is 2.34. The highest BCUT2D eigenvalue weighted by Crippen LogP contribution is 2.61. The highest BCUT2D eigenvalue weighted by atomic mass is 32.2. The summed E-state index contributed by atoms with van der Waals surface area (Å²) in [5.74, 6) is -2.03. The van der Waals surface area contributed by atoms with E-state index < -0.39 is 41.0 Å². The van der Waals surface area contributed by atoms with Crippen molar-refractivity contribution in [2.45, 2.75) is 182 Å². The smallest absolute Gasteiger partial charge is 0.323 e. The van der Waals surface area contributed by atoms with Crippen LogP contribution in [-0.2, 0) is 29.2 Å². The van der Waals surface area contributed by atoms with Crippen molar-refractivity contribution >= 4 is 29.3 Å². The van der Waals surface area contributed by atoms with E-state index >= 15 is 0 Å². The second-order valence-corrected chi connectivity index (χ2v) is 18.8. The summed E-state index contributed by atoms with van der Waals surface area (Å²) in [5, 5.41) is -2.04. The largest absolute Gasteiger partial charge is 0.747 e. The number of ether oxygens (including phenoxy) is 2. The van der Waals surface area contributed by atoms with Crippen LogP contribution in [-0.4, -0.2) is 68.0 Å². The van der Waals surface area contributed by atoms with Gasteiger partial charge in [-0.05, 0) is 38.5 Å². The van der Waals surface area contributed by atoms with E-state index in [4.69, 9.17) is 9.47 Å². The molecule has 0 radical (unpaired) electrons. The molecule has 0 amide bonds. The molecular weight excluding hydrogens is 607 g/mol. The molecule has 0 aliphatic rings. The van der Waals surface area contributed by atoms with Gasteiger partial charge in [-0.1, -0.05) is 131 Å². The van der Waals surface area contributed by atoms with E-state index in [0.29, 0.717) is 12.8 Å². The van der Waals surface area contributed by atoms with Crippen molar-refractivity contribution in [2.75, 3.05) is 37.9 Å². The number of hydrogen-bond donors (Lipinski definition) is 0. The van der Waals surface area contributed by atoms with Gasteiger partial charge in [0.25, 0.3) is 0 Å². The Hall–Kier alpha value is -0.720. The number of unbranched alkanes of at least 4 members (excludes halogenated alkanes) is 14. The SMILES string of the molecule is CCCCCCCCOC(=O)CC(C(=O)OCCCCCCCC)S(=O)(=O)[O-].CCCC[P+](CCCC)(CCCC)CCCC. The maximum atomic E-state index is 11.9. The lowest BCUT2D eigenvalue weighted by Gasteiger charge is -2.28. The van der Waals surface area contributed by atoms with Crippen LogP contribution in [0.4, 0.5) is 0 Å². The van der Waals surface area contributed by atoms with Gasteiger partial charge in [0.1, 0.15) is 10.1 Å². The molecule has 1 unspecified atom stereocenters. The fourth-order valence-corrected chi connectivity index (χ4v) is 11.3. The third kappa shape index (κ3) is 28.0. The van der Waals surface area contributed by atoms with Gasteiger partial charge >= 0.3 is 11.9 Å². The van der Waals surface area contributed by atoms with Gasteiger partial charge in [0.05, 0.1) is 44.3 Å². The summed E-state index contributed by atoms with van der Waals surface area (Å²) in [7, 11) is -5.55. The molecule has 0 saturated carbocycles. The Labute approximate surface area is 280 Å². The van der Waals surface area contributed by atoms with Crippen LogP contribution in [0.5, 0.6) is 0 Å². The summed E-state index contributed by atoms with van der Waals surface area (Å²) >= 11 is 0. The number of carbonyl (C=O) groups is 2. The van der Waals surface area contributed by atoms with Crippen LogP contribution in [0.25, 0.3) is 0 Å². The number of carbonyl (C=O) groups excluding carboxylic acids is 2. The lowest BCUT2D eigenvalue weighted by molar-refractivity contribution is -0.150. The predicted molar refractivity (Wildman–Crippen MR) is 193 cm³/mol. The molecule has 1 atom stereocenters. The molecule has 0 aromatic rings. The van der Waals surface area contributed by atoms with Crippen LogP contribution >= 0.6 is 7.26 Å². The highest BCUT2D eigenvalue weighted by molar-refractivity contribution is 7.87. The van der Waals surface area contributed by atoms with Crippen LogP contribution in [0, 0.1) is 0 Å². The average Bonchev–Trinajstić information content (AvgIpc) is 3.01. The summed E-state index contributed by atoms with van der Waals surface area (Å²) in [6.45, 7) is 13.9. The van der Waals surface area contributed by atoms with Crippen molar-refractivity contribution in [3.63, 3.8) is 0 Å². The van der Waals surface area contributed by atoms with Crippen LogP contribution in [0.1, 0.15) is 176 Å². The second kappa shape index (κ2) is 31.9. The van der Waals surface area contributed by atoms with Gasteiger partial charge in [0, 0.05) is 7.26 Å². The third-order valence-electron chi connectivity index (χ3n) is 8.41. The fraction of sp³-hybridized carbons (Fsp3) is 0.944. The Kier molecular flexibility index (Phi) is 32.8. The number of rotatable bonds is 30. The van der Waals surface area contributed by atoms with E-state index in [1.807, 2.05) is 0 Å². The molecule has 0 saturated heterocycles. The van der Waals surface area contributed by atoms with Crippen molar-refractivity contribution in [1.82, 2.24) is 0 Å². The monoisotopic (exact) mass is 680 g/mol. The van der Waals surface area contributed by atoms with Gasteiger partial charge < -0.3 is 14.0 Å². The normalized spacial score (nSPS) is 12.3. The van der Waals surface area contributed by atoms with Crippen molar-refractivity contribution in [3.8, 4) is 0 Å². The van der Waals surface area contributed by atoms with Crippen molar-refractivity contribution in [1.29, 1.82) is 0 Å². The van der Waals surface area contributed by atoms with Gasteiger partial charge in [0.2, 0.25) is 0 Å². The first-order valence-corrected chi connectivity index (χ1v) is 22.7. The van der Waals surface area contributed by atoms with E-state index in [9.17, 15) is 22.6 Å². The average molecular weight is 681 g/mol. The molecule has 0 fully saturated rings. The molecule has 9 heteroatoms. The van der Waals surface area contributed by atoms with E-state index in [2.05, 4.69) is 41.5 Å². The molecule has 45 heavy (non-hydrogen) atoms. The van der Waals surface area contributed by atoms with E-state index in [1.165, 1.54) is 57.8 Å². The first kappa shape index (κ1) is 46.4. The fourth-order valence-electron chi connectivity index (χ4n) is 5.37. The van der Waals surface area contributed by atoms with Crippen LogP contribution in [0.3, 0.4) is 0 Å². The maximum Gasteiger partial charge on any atom is 0.323 e. The molecule has 0 heterocycles. The van der Waals surface area contributed by atoms with Crippen molar-refractivity contribution < 1.29 is 32.0 Å². The third-order valence-corrected chi connectivity index (χ3v) is 14.5. The Balaban J connectivity index is 0. The summed E-state index contributed by atoms with van der Waals surface area (Å²) in [5.41, 5.74) is 0. The zero-order chi connectivity index (χ0) is 34.2. The topological polar surface area (TPSA) is 110 Å². The number of esters is 2. The molecule has 0 aliphatic heterocycles. The molecule has 270 valence electrons. The Morgan fingerprint density at radius 3 is 1.22 bits per heavy atom. The van der Waals surface area contributed by atoms with Crippen LogP contribution in [0.2, 0.25) is 0 Å².